The van der Waals surface area contributed by atoms with Crippen LogP contribution in [0.15, 0.2) is 23.1 Å². The molecule has 1 N–H and O–H groups in total. The largest absolute Gasteiger partial charge is 0.480 e. The molecule has 0 aromatic heterocycles. The maximum absolute atomic E-state index is 13.3. The lowest BCUT2D eigenvalue weighted by Gasteiger charge is -2.23. The Balaban J connectivity index is 2.50. The van der Waals surface area contributed by atoms with Gasteiger partial charge in [0.2, 0.25) is 10.0 Å². The van der Waals surface area contributed by atoms with Crippen molar-refractivity contribution in [2.24, 2.45) is 5.92 Å². The molecule has 1 saturated heterocycles. The molecule has 1 fully saturated rings. The van der Waals surface area contributed by atoms with Gasteiger partial charge in [0.05, 0.1) is 4.90 Å². The van der Waals surface area contributed by atoms with Gasteiger partial charge in [0.25, 0.3) is 0 Å². The zero-order valence-electron chi connectivity index (χ0n) is 11.2. The number of carboxylic acids is 1. The first-order valence-corrected chi connectivity index (χ1v) is 7.70. The van der Waals surface area contributed by atoms with Gasteiger partial charge in [-0.15, -0.1) is 0 Å². The van der Waals surface area contributed by atoms with Crippen molar-refractivity contribution in [1.29, 1.82) is 0 Å². The topological polar surface area (TPSA) is 74.7 Å². The van der Waals surface area contributed by atoms with Gasteiger partial charge < -0.3 is 5.11 Å². The number of aryl methyl sites for hydroxylation is 1. The number of nitrogens with zero attached hydrogens (tertiary/aromatic N) is 1. The van der Waals surface area contributed by atoms with Crippen molar-refractivity contribution >= 4 is 16.0 Å². The predicted octanol–water partition coefficient (Wildman–Crippen LogP) is 1.62. The van der Waals surface area contributed by atoms with Gasteiger partial charge in [-0.1, -0.05) is 13.0 Å². The van der Waals surface area contributed by atoms with Gasteiger partial charge in [-0.3, -0.25) is 4.79 Å². The van der Waals surface area contributed by atoms with E-state index in [9.17, 15) is 22.7 Å². The number of sulfonamides is 1. The Hall–Kier alpha value is -1.47. The molecule has 20 heavy (non-hydrogen) atoms. The van der Waals surface area contributed by atoms with Crippen molar-refractivity contribution in [3.8, 4) is 0 Å². The first kappa shape index (κ1) is 14.9. The number of halogens is 1. The zero-order valence-corrected chi connectivity index (χ0v) is 12.0. The molecule has 0 saturated carbocycles. The van der Waals surface area contributed by atoms with Crippen LogP contribution in [0, 0.1) is 18.7 Å². The van der Waals surface area contributed by atoms with Crippen molar-refractivity contribution < 1.29 is 22.7 Å². The van der Waals surface area contributed by atoms with E-state index in [-0.39, 0.29) is 17.4 Å². The third kappa shape index (κ3) is 2.43. The van der Waals surface area contributed by atoms with Gasteiger partial charge in [0.15, 0.2) is 0 Å². The molecule has 0 aliphatic carbocycles. The number of hydrogen-bond acceptors (Lipinski definition) is 3. The van der Waals surface area contributed by atoms with Gasteiger partial charge in [-0.25, -0.2) is 12.8 Å². The van der Waals surface area contributed by atoms with Crippen LogP contribution in [0.3, 0.4) is 0 Å². The predicted molar refractivity (Wildman–Crippen MR) is 70.2 cm³/mol. The second-order valence-electron chi connectivity index (χ2n) is 5.07. The Morgan fingerprint density at radius 3 is 2.70 bits per heavy atom. The lowest BCUT2D eigenvalue weighted by Crippen LogP contribution is -2.42. The van der Waals surface area contributed by atoms with Gasteiger partial charge >= 0.3 is 5.97 Å². The average molecular weight is 301 g/mol. The average Bonchev–Trinajstić information content (AvgIpc) is 2.75. The van der Waals surface area contributed by atoms with Gasteiger partial charge in [-0.2, -0.15) is 4.31 Å². The molecule has 1 aromatic carbocycles. The van der Waals surface area contributed by atoms with Crippen LogP contribution in [-0.2, 0) is 14.8 Å². The molecule has 110 valence electrons. The fourth-order valence-electron chi connectivity index (χ4n) is 2.53. The summed E-state index contributed by atoms with van der Waals surface area (Å²) in [5.74, 6) is -2.10. The lowest BCUT2D eigenvalue weighted by molar-refractivity contribution is -0.141. The molecule has 2 unspecified atom stereocenters. The van der Waals surface area contributed by atoms with Crippen molar-refractivity contribution in [3.05, 3.63) is 29.6 Å². The van der Waals surface area contributed by atoms with E-state index in [2.05, 4.69) is 0 Å². The van der Waals surface area contributed by atoms with E-state index in [0.717, 1.165) is 10.4 Å². The Kier molecular flexibility index (Phi) is 3.84. The molecule has 0 spiro atoms. The second kappa shape index (κ2) is 5.14. The van der Waals surface area contributed by atoms with Gasteiger partial charge in [0.1, 0.15) is 11.9 Å². The number of carbonyl (C=O) groups is 1. The van der Waals surface area contributed by atoms with Crippen LogP contribution in [0.2, 0.25) is 0 Å². The van der Waals surface area contributed by atoms with Crippen molar-refractivity contribution in [2.75, 3.05) is 6.54 Å². The summed E-state index contributed by atoms with van der Waals surface area (Å²) in [7, 11) is -4.01. The van der Waals surface area contributed by atoms with Gasteiger partial charge in [0, 0.05) is 6.54 Å². The minimum atomic E-state index is -4.01. The molecule has 0 radical (unpaired) electrons. The maximum atomic E-state index is 13.3. The summed E-state index contributed by atoms with van der Waals surface area (Å²) in [4.78, 5) is 11.1. The molecule has 0 bridgehead atoms. The first-order chi connectivity index (χ1) is 9.25. The molecular weight excluding hydrogens is 285 g/mol. The van der Waals surface area contributed by atoms with E-state index in [4.69, 9.17) is 0 Å². The highest BCUT2D eigenvalue weighted by Gasteiger charge is 2.44. The third-order valence-electron chi connectivity index (χ3n) is 3.64. The summed E-state index contributed by atoms with van der Waals surface area (Å²) in [5.41, 5.74) is 0.398. The highest BCUT2D eigenvalue weighted by Crippen LogP contribution is 2.31. The van der Waals surface area contributed by atoms with Crippen molar-refractivity contribution in [3.63, 3.8) is 0 Å². The standard InChI is InChI=1S/C13H16FNO4S/c1-8-3-4-10(14)7-11(8)20(18,19)15-6-5-9(2)12(15)13(16)17/h3-4,7,9,12H,5-6H2,1-2H3,(H,16,17). The van der Waals surface area contributed by atoms with E-state index in [0.29, 0.717) is 12.0 Å². The number of aliphatic carboxylic acids is 1. The molecule has 0 amide bonds. The molecule has 5 nitrogen and oxygen atoms in total. The Morgan fingerprint density at radius 1 is 1.45 bits per heavy atom. The van der Waals surface area contributed by atoms with Crippen molar-refractivity contribution in [2.45, 2.75) is 31.2 Å². The van der Waals surface area contributed by atoms with Crippen LogP contribution in [-0.4, -0.2) is 36.4 Å². The van der Waals surface area contributed by atoms with E-state index in [1.165, 1.54) is 12.1 Å². The molecule has 1 aromatic rings. The minimum absolute atomic E-state index is 0.135. The number of carboxylic acid groups (broad SMARTS) is 1. The van der Waals surface area contributed by atoms with Crippen molar-refractivity contribution in [1.82, 2.24) is 4.31 Å². The highest BCUT2D eigenvalue weighted by atomic mass is 32.2. The van der Waals surface area contributed by atoms with E-state index in [1.807, 2.05) is 0 Å². The van der Waals surface area contributed by atoms with Crippen LogP contribution >= 0.6 is 0 Å². The molecule has 2 atom stereocenters. The van der Waals surface area contributed by atoms with Crippen LogP contribution < -0.4 is 0 Å². The molecule has 2 rings (SSSR count). The summed E-state index contributed by atoms with van der Waals surface area (Å²) in [6.45, 7) is 3.39. The highest BCUT2D eigenvalue weighted by molar-refractivity contribution is 7.89. The Bertz CT molecular complexity index is 644. The number of rotatable bonds is 3. The molecule has 7 heteroatoms. The van der Waals surface area contributed by atoms with E-state index >= 15 is 0 Å². The monoisotopic (exact) mass is 301 g/mol. The number of benzene rings is 1. The molecule has 1 aliphatic rings. The van der Waals surface area contributed by atoms with Gasteiger partial charge in [-0.05, 0) is 37.0 Å². The summed E-state index contributed by atoms with van der Waals surface area (Å²) in [6, 6.07) is 2.39. The normalized spacial score (nSPS) is 23.9. The van der Waals surface area contributed by atoms with E-state index in [1.54, 1.807) is 13.8 Å². The Morgan fingerprint density at radius 2 is 2.10 bits per heavy atom. The maximum Gasteiger partial charge on any atom is 0.322 e. The van der Waals surface area contributed by atoms with Crippen LogP contribution in [0.1, 0.15) is 18.9 Å². The smallest absolute Gasteiger partial charge is 0.322 e. The minimum Gasteiger partial charge on any atom is -0.480 e. The summed E-state index contributed by atoms with van der Waals surface area (Å²) < 4.78 is 39.4. The summed E-state index contributed by atoms with van der Waals surface area (Å²) in [6.07, 6.45) is 0.477. The summed E-state index contributed by atoms with van der Waals surface area (Å²) in [5, 5.41) is 9.21. The van der Waals surface area contributed by atoms with Crippen LogP contribution in [0.25, 0.3) is 0 Å². The zero-order chi connectivity index (χ0) is 15.1. The van der Waals surface area contributed by atoms with E-state index < -0.39 is 27.9 Å². The molecular formula is C13H16FNO4S. The fourth-order valence-corrected chi connectivity index (χ4v) is 4.46. The number of hydrogen-bond donors (Lipinski definition) is 1. The second-order valence-corrected chi connectivity index (χ2v) is 6.93. The third-order valence-corrected chi connectivity index (χ3v) is 5.67. The lowest BCUT2D eigenvalue weighted by atomic mass is 10.0. The SMILES string of the molecule is Cc1ccc(F)cc1S(=O)(=O)N1CCC(C)C1C(=O)O. The molecule has 1 heterocycles. The van der Waals surface area contributed by atoms with Crippen LogP contribution in [0.5, 0.6) is 0 Å². The van der Waals surface area contributed by atoms with Crippen LogP contribution in [0.4, 0.5) is 4.39 Å². The Labute approximate surface area is 117 Å². The fraction of sp³-hybridized carbons (Fsp3) is 0.462. The summed E-state index contributed by atoms with van der Waals surface area (Å²) >= 11 is 0. The first-order valence-electron chi connectivity index (χ1n) is 6.26. The quantitative estimate of drug-likeness (QED) is 0.920. The molecule has 1 aliphatic heterocycles.